The van der Waals surface area contributed by atoms with E-state index >= 15 is 0 Å². The van der Waals surface area contributed by atoms with Gasteiger partial charge in [0, 0.05) is 19.2 Å². The van der Waals surface area contributed by atoms with Crippen molar-refractivity contribution < 1.29 is 9.84 Å². The molecule has 0 aromatic carbocycles. The van der Waals surface area contributed by atoms with E-state index in [0.29, 0.717) is 12.6 Å². The predicted octanol–water partition coefficient (Wildman–Crippen LogP) is 0.524. The molecule has 2 N–H and O–H groups in total. The number of ether oxygens (including phenoxy) is 1. The van der Waals surface area contributed by atoms with Gasteiger partial charge in [-0.3, -0.25) is 0 Å². The maximum atomic E-state index is 9.46. The van der Waals surface area contributed by atoms with E-state index in [-0.39, 0.29) is 6.10 Å². The van der Waals surface area contributed by atoms with Gasteiger partial charge in [-0.1, -0.05) is 0 Å². The van der Waals surface area contributed by atoms with Crippen molar-refractivity contribution in [1.29, 1.82) is 0 Å². The highest BCUT2D eigenvalue weighted by Crippen LogP contribution is 2.13. The molecule has 0 radical (unpaired) electrons. The highest BCUT2D eigenvalue weighted by Gasteiger charge is 2.25. The third-order valence-electron chi connectivity index (χ3n) is 2.17. The summed E-state index contributed by atoms with van der Waals surface area (Å²) < 4.78 is 5.39. The van der Waals surface area contributed by atoms with E-state index < -0.39 is 5.60 Å². The topological polar surface area (TPSA) is 41.5 Å². The number of nitrogens with one attached hydrogen (secondary N) is 1. The summed E-state index contributed by atoms with van der Waals surface area (Å²) in [7, 11) is 0. The first-order valence-electron chi connectivity index (χ1n) is 4.56. The number of aliphatic hydroxyl groups is 1. The molecule has 3 heteroatoms. The Balaban J connectivity index is 2.23. The zero-order valence-electron chi connectivity index (χ0n) is 8.13. The lowest BCUT2D eigenvalue weighted by atomic mass is 10.1. The molecule has 1 saturated heterocycles. The van der Waals surface area contributed by atoms with Crippen LogP contribution < -0.4 is 5.32 Å². The van der Waals surface area contributed by atoms with E-state index in [2.05, 4.69) is 12.2 Å². The lowest BCUT2D eigenvalue weighted by Crippen LogP contribution is -2.43. The maximum Gasteiger partial charge on any atom is 0.0715 e. The van der Waals surface area contributed by atoms with E-state index in [4.69, 9.17) is 4.74 Å². The molecule has 3 nitrogen and oxygen atoms in total. The van der Waals surface area contributed by atoms with Gasteiger partial charge >= 0.3 is 0 Å². The zero-order valence-corrected chi connectivity index (χ0v) is 8.13. The van der Waals surface area contributed by atoms with Crippen LogP contribution in [0.3, 0.4) is 0 Å². The molecule has 2 atom stereocenters. The minimum Gasteiger partial charge on any atom is -0.389 e. The van der Waals surface area contributed by atoms with Crippen LogP contribution in [0, 0.1) is 0 Å². The van der Waals surface area contributed by atoms with Gasteiger partial charge in [0.05, 0.1) is 11.7 Å². The highest BCUT2D eigenvalue weighted by atomic mass is 16.5. The molecule has 0 aromatic rings. The van der Waals surface area contributed by atoms with Crippen LogP contribution in [-0.4, -0.2) is 36.0 Å². The van der Waals surface area contributed by atoms with Crippen molar-refractivity contribution in [2.75, 3.05) is 13.2 Å². The van der Waals surface area contributed by atoms with Crippen LogP contribution in [0.15, 0.2) is 0 Å². The Kier molecular flexibility index (Phi) is 3.09. The third-order valence-corrected chi connectivity index (χ3v) is 2.17. The molecule has 0 saturated carbocycles. The number of hydrogen-bond acceptors (Lipinski definition) is 3. The molecule has 1 aliphatic rings. The average molecular weight is 173 g/mol. The fourth-order valence-corrected chi connectivity index (χ4v) is 1.38. The maximum absolute atomic E-state index is 9.46. The van der Waals surface area contributed by atoms with E-state index in [1.807, 2.05) is 0 Å². The minimum absolute atomic E-state index is 0.285. The largest absolute Gasteiger partial charge is 0.389 e. The van der Waals surface area contributed by atoms with Crippen LogP contribution in [-0.2, 0) is 4.74 Å². The van der Waals surface area contributed by atoms with Gasteiger partial charge in [-0.25, -0.2) is 0 Å². The van der Waals surface area contributed by atoms with Crippen molar-refractivity contribution in [3.63, 3.8) is 0 Å². The summed E-state index contributed by atoms with van der Waals surface area (Å²) in [4.78, 5) is 0. The Morgan fingerprint density at radius 3 is 2.67 bits per heavy atom. The van der Waals surface area contributed by atoms with Crippen molar-refractivity contribution in [3.8, 4) is 0 Å². The summed E-state index contributed by atoms with van der Waals surface area (Å²) in [6.45, 7) is 7.14. The van der Waals surface area contributed by atoms with Crippen LogP contribution in [0.25, 0.3) is 0 Å². The molecule has 1 aliphatic heterocycles. The Labute approximate surface area is 74.1 Å². The van der Waals surface area contributed by atoms with E-state index in [1.165, 1.54) is 0 Å². The quantitative estimate of drug-likeness (QED) is 0.654. The van der Waals surface area contributed by atoms with Crippen LogP contribution in [0.4, 0.5) is 0 Å². The summed E-state index contributed by atoms with van der Waals surface area (Å²) in [6.07, 6.45) is 1.34. The summed E-state index contributed by atoms with van der Waals surface area (Å²) in [5.74, 6) is 0. The molecule has 1 fully saturated rings. The van der Waals surface area contributed by atoms with Gasteiger partial charge in [-0.2, -0.15) is 0 Å². The lowest BCUT2D eigenvalue weighted by Gasteiger charge is -2.22. The van der Waals surface area contributed by atoms with Gasteiger partial charge in [-0.05, 0) is 27.2 Å². The first-order chi connectivity index (χ1) is 5.49. The van der Waals surface area contributed by atoms with Gasteiger partial charge in [0.2, 0.25) is 0 Å². The van der Waals surface area contributed by atoms with Crippen molar-refractivity contribution in [2.45, 2.75) is 44.9 Å². The number of hydrogen-bond donors (Lipinski definition) is 2. The minimum atomic E-state index is -0.623. The van der Waals surface area contributed by atoms with Crippen LogP contribution in [0.2, 0.25) is 0 Å². The standard InChI is InChI=1S/C9H19NO2/c1-7-8(4-5-12-7)10-6-9(2,3)11/h7-8,10-11H,4-6H2,1-3H3/t7-,8-/m1/s1. The fourth-order valence-electron chi connectivity index (χ4n) is 1.38. The summed E-state index contributed by atoms with van der Waals surface area (Å²) in [5.41, 5.74) is -0.623. The van der Waals surface area contributed by atoms with Gasteiger partial charge < -0.3 is 15.2 Å². The second-order valence-electron chi connectivity index (χ2n) is 4.16. The van der Waals surface area contributed by atoms with Gasteiger partial charge in [0.25, 0.3) is 0 Å². The molecule has 1 heterocycles. The molecule has 0 aliphatic carbocycles. The molecule has 1 rings (SSSR count). The second kappa shape index (κ2) is 3.73. The van der Waals surface area contributed by atoms with Gasteiger partial charge in [0.15, 0.2) is 0 Å². The van der Waals surface area contributed by atoms with E-state index in [9.17, 15) is 5.11 Å². The average Bonchev–Trinajstić information content (AvgIpc) is 2.29. The molecule has 0 unspecified atom stereocenters. The van der Waals surface area contributed by atoms with Crippen LogP contribution >= 0.6 is 0 Å². The molecule has 72 valence electrons. The second-order valence-corrected chi connectivity index (χ2v) is 4.16. The monoisotopic (exact) mass is 173 g/mol. The molecule has 0 amide bonds. The van der Waals surface area contributed by atoms with Crippen molar-refractivity contribution in [1.82, 2.24) is 5.32 Å². The molecule has 12 heavy (non-hydrogen) atoms. The third kappa shape index (κ3) is 3.09. The SMILES string of the molecule is C[C@H]1OCC[C@H]1NCC(C)(C)O. The first-order valence-corrected chi connectivity index (χ1v) is 4.56. The molecule has 0 spiro atoms. The zero-order chi connectivity index (χ0) is 9.19. The summed E-state index contributed by atoms with van der Waals surface area (Å²) >= 11 is 0. The van der Waals surface area contributed by atoms with E-state index in [1.54, 1.807) is 13.8 Å². The summed E-state index contributed by atoms with van der Waals surface area (Å²) in [6, 6.07) is 0.413. The first kappa shape index (κ1) is 9.96. The van der Waals surface area contributed by atoms with Gasteiger partial charge in [-0.15, -0.1) is 0 Å². The van der Waals surface area contributed by atoms with Crippen LogP contribution in [0.1, 0.15) is 27.2 Å². The number of rotatable bonds is 3. The fraction of sp³-hybridized carbons (Fsp3) is 1.00. The summed E-state index contributed by atoms with van der Waals surface area (Å²) in [5, 5.41) is 12.8. The predicted molar refractivity (Wildman–Crippen MR) is 48.1 cm³/mol. The Morgan fingerprint density at radius 2 is 2.25 bits per heavy atom. The molecule has 0 bridgehead atoms. The lowest BCUT2D eigenvalue weighted by molar-refractivity contribution is 0.0679. The molecular weight excluding hydrogens is 154 g/mol. The van der Waals surface area contributed by atoms with Crippen molar-refractivity contribution in [3.05, 3.63) is 0 Å². The van der Waals surface area contributed by atoms with Crippen molar-refractivity contribution >= 4 is 0 Å². The van der Waals surface area contributed by atoms with Crippen LogP contribution in [0.5, 0.6) is 0 Å². The van der Waals surface area contributed by atoms with E-state index in [0.717, 1.165) is 13.0 Å². The molecular formula is C9H19NO2. The normalized spacial score (nSPS) is 31.0. The molecule has 0 aromatic heterocycles. The van der Waals surface area contributed by atoms with Crippen molar-refractivity contribution in [2.24, 2.45) is 0 Å². The Hall–Kier alpha value is -0.120. The smallest absolute Gasteiger partial charge is 0.0715 e. The Morgan fingerprint density at radius 1 is 1.58 bits per heavy atom. The highest BCUT2D eigenvalue weighted by molar-refractivity contribution is 4.81. The Bertz CT molecular complexity index is 142. The van der Waals surface area contributed by atoms with Gasteiger partial charge in [0.1, 0.15) is 0 Å².